The SMILES string of the molecule is C=C(NC)C(=O)N[C@H](C(=O)N1CCC[C@H]1c1nc(C(=O)c2cccc(OCCNC(=O)CN3CCN(C(=O)c4ccc(Nc5nc(C6CC6)cn6c(-c7cn[nH]c7)cnc56)c(F)c4)CC3)c2)cs1)C1CCCCC1. The van der Waals surface area contributed by atoms with Gasteiger partial charge in [-0.25, -0.2) is 19.3 Å². The van der Waals surface area contributed by atoms with Crippen molar-refractivity contribution < 1.29 is 33.1 Å². The number of nitrogens with one attached hydrogen (secondary N) is 5. The average Bonchev–Trinajstić information content (AvgIpc) is 3.87. The summed E-state index contributed by atoms with van der Waals surface area (Å²) in [7, 11) is 1.63. The molecule has 4 aromatic heterocycles. The van der Waals surface area contributed by atoms with Gasteiger partial charge in [-0.3, -0.25) is 38.4 Å². The van der Waals surface area contributed by atoms with Crippen molar-refractivity contribution in [2.75, 3.05) is 64.8 Å². The van der Waals surface area contributed by atoms with Crippen LogP contribution in [-0.4, -0.2) is 139 Å². The van der Waals surface area contributed by atoms with Gasteiger partial charge >= 0.3 is 0 Å². The van der Waals surface area contributed by atoms with Crippen LogP contribution in [0.2, 0.25) is 0 Å². The summed E-state index contributed by atoms with van der Waals surface area (Å²) >= 11 is 1.35. The summed E-state index contributed by atoms with van der Waals surface area (Å²) in [6, 6.07) is 10.2. The van der Waals surface area contributed by atoms with E-state index >= 15 is 4.39 Å². The normalized spacial score (nSPS) is 17.7. The third kappa shape index (κ3) is 11.2. The number of aromatic amines is 1. The molecule has 74 heavy (non-hydrogen) atoms. The van der Waals surface area contributed by atoms with E-state index in [0.717, 1.165) is 68.3 Å². The highest BCUT2D eigenvalue weighted by Gasteiger charge is 2.40. The number of anilines is 2. The maximum absolute atomic E-state index is 15.7. The number of thiazole rings is 1. The number of carbonyl (C=O) groups excluding carboxylic acids is 5. The van der Waals surface area contributed by atoms with E-state index in [0.29, 0.717) is 72.8 Å². The summed E-state index contributed by atoms with van der Waals surface area (Å²) in [6.07, 6.45) is 15.7. The van der Waals surface area contributed by atoms with Crippen molar-refractivity contribution in [3.05, 3.63) is 118 Å². The molecular weight excluding hydrogens is 966 g/mol. The number of ketones is 1. The van der Waals surface area contributed by atoms with Crippen molar-refractivity contribution in [2.45, 2.75) is 75.8 Å². The molecule has 4 aliphatic rings. The topological polar surface area (TPSA) is 224 Å². The van der Waals surface area contributed by atoms with Crippen molar-refractivity contribution in [3.63, 3.8) is 0 Å². The molecule has 2 aliphatic heterocycles. The minimum Gasteiger partial charge on any atom is -0.492 e. The zero-order valence-corrected chi connectivity index (χ0v) is 42.1. The van der Waals surface area contributed by atoms with Crippen LogP contribution in [0.25, 0.3) is 16.9 Å². The number of benzene rings is 2. The molecule has 2 aliphatic carbocycles. The van der Waals surface area contributed by atoms with Crippen molar-refractivity contribution in [1.29, 1.82) is 0 Å². The number of likely N-dealkylation sites (tertiary alicyclic amines) is 1. The number of H-pyrrole nitrogens is 1. The summed E-state index contributed by atoms with van der Waals surface area (Å²) in [6.45, 7) is 6.54. The Morgan fingerprint density at radius 1 is 0.932 bits per heavy atom. The fraction of sp³-hybridized carbons (Fsp3) is 0.415. The number of halogens is 1. The Balaban J connectivity index is 0.671. The van der Waals surface area contributed by atoms with E-state index in [-0.39, 0.29) is 83.7 Å². The Morgan fingerprint density at radius 2 is 1.76 bits per heavy atom. The Hall–Kier alpha value is -7.52. The van der Waals surface area contributed by atoms with Crippen LogP contribution in [0.1, 0.15) is 107 Å². The lowest BCUT2D eigenvalue weighted by atomic mass is 9.83. The van der Waals surface area contributed by atoms with Gasteiger partial charge in [-0.1, -0.05) is 38.0 Å². The molecule has 0 bridgehead atoms. The summed E-state index contributed by atoms with van der Waals surface area (Å²) < 4.78 is 23.6. The lowest BCUT2D eigenvalue weighted by Gasteiger charge is -2.34. The maximum atomic E-state index is 15.7. The minimum atomic E-state index is -0.666. The summed E-state index contributed by atoms with van der Waals surface area (Å²) in [4.78, 5) is 86.9. The predicted octanol–water partition coefficient (Wildman–Crippen LogP) is 5.98. The number of amides is 4. The van der Waals surface area contributed by atoms with Crippen molar-refractivity contribution in [1.82, 2.24) is 60.2 Å². The third-order valence-corrected chi connectivity index (χ3v) is 15.4. The molecule has 10 rings (SSSR count). The molecule has 5 N–H and O–H groups in total. The highest BCUT2D eigenvalue weighted by atomic mass is 32.1. The van der Waals surface area contributed by atoms with Gasteiger partial charge in [0, 0.05) is 80.2 Å². The molecule has 2 atom stereocenters. The van der Waals surface area contributed by atoms with Crippen molar-refractivity contribution in [3.8, 4) is 17.0 Å². The second kappa shape index (κ2) is 22.3. The van der Waals surface area contributed by atoms with Gasteiger partial charge in [0.15, 0.2) is 11.5 Å². The van der Waals surface area contributed by atoms with Crippen LogP contribution in [0.4, 0.5) is 15.9 Å². The van der Waals surface area contributed by atoms with E-state index in [2.05, 4.69) is 43.0 Å². The zero-order valence-electron chi connectivity index (χ0n) is 41.3. The maximum Gasteiger partial charge on any atom is 0.267 e. The van der Waals surface area contributed by atoms with E-state index in [9.17, 15) is 24.0 Å². The number of aromatic nitrogens is 6. The number of hydrogen-bond donors (Lipinski definition) is 5. The largest absolute Gasteiger partial charge is 0.492 e. The van der Waals surface area contributed by atoms with Crippen LogP contribution >= 0.6 is 11.3 Å². The van der Waals surface area contributed by atoms with Gasteiger partial charge < -0.3 is 35.8 Å². The molecule has 386 valence electrons. The first-order valence-electron chi connectivity index (χ1n) is 25.4. The molecule has 2 saturated carbocycles. The second-order valence-electron chi connectivity index (χ2n) is 19.4. The Morgan fingerprint density at radius 3 is 2.51 bits per heavy atom. The first-order chi connectivity index (χ1) is 36.0. The number of ether oxygens (including phenoxy) is 1. The van der Waals surface area contributed by atoms with Gasteiger partial charge in [0.05, 0.1) is 54.3 Å². The second-order valence-corrected chi connectivity index (χ2v) is 20.3. The van der Waals surface area contributed by atoms with Gasteiger partial charge in [-0.15, -0.1) is 11.3 Å². The summed E-state index contributed by atoms with van der Waals surface area (Å²) in [5.74, 6) is -0.621. The van der Waals surface area contributed by atoms with Crippen LogP contribution < -0.4 is 26.0 Å². The Bertz CT molecular complexity index is 3050. The molecule has 4 amide bonds. The first kappa shape index (κ1) is 50.0. The number of imidazole rings is 1. The van der Waals surface area contributed by atoms with E-state index in [1.165, 1.54) is 17.4 Å². The van der Waals surface area contributed by atoms with Gasteiger partial charge in [-0.05, 0) is 74.8 Å². The first-order valence-corrected chi connectivity index (χ1v) is 26.3. The van der Waals surface area contributed by atoms with Crippen LogP contribution in [0.15, 0.2) is 84.9 Å². The molecule has 0 radical (unpaired) electrons. The molecule has 6 aromatic rings. The number of hydrogen-bond acceptors (Lipinski definition) is 14. The molecule has 6 heterocycles. The van der Waals surface area contributed by atoms with Crippen LogP contribution in [-0.2, 0) is 14.4 Å². The molecule has 19 nitrogen and oxygen atoms in total. The van der Waals surface area contributed by atoms with Crippen LogP contribution in [0.3, 0.4) is 0 Å². The average molecular weight is 1030 g/mol. The van der Waals surface area contributed by atoms with E-state index in [4.69, 9.17) is 14.7 Å². The fourth-order valence-corrected chi connectivity index (χ4v) is 11.1. The number of carbonyl (C=O) groups is 5. The number of fused-ring (bicyclic) bond motifs is 1. The standard InChI is InChI=1S/C53H60FN13O6S/c1-32(55-2)50(70)63-46(34-8-4-3-5-9-34)53(72)66-18-7-12-43(66)51-62-42(31-74-51)47(69)35-10-6-11-38(24-35)73-23-17-56-45(68)30-64-19-21-65(22-20-64)52(71)36-15-16-40(39(54)25-36)60-48-49-57-28-44(37-26-58-59-27-37)67(49)29-41(61-48)33-13-14-33/h6,10-11,15-16,24-29,31,33-34,43,46,55H,1,3-5,7-9,12-14,17-23,30H2,2H3,(H,56,68)(H,58,59)(H,60,61)(H,63,70)/t43-,46-/m0/s1. The molecule has 4 fully saturated rings. The summed E-state index contributed by atoms with van der Waals surface area (Å²) in [5, 5.41) is 21.1. The number of rotatable bonds is 19. The van der Waals surface area contributed by atoms with E-state index < -0.39 is 11.9 Å². The quantitative estimate of drug-likeness (QED) is 0.0358. The molecule has 0 spiro atoms. The van der Waals surface area contributed by atoms with E-state index in [1.54, 1.807) is 72.3 Å². The number of likely N-dealkylation sites (N-methyl/N-ethyl adjacent to an activating group) is 1. The molecular formula is C53H60FN13O6S. The number of nitrogens with zero attached hydrogens (tertiary/aromatic N) is 8. The highest BCUT2D eigenvalue weighted by Crippen LogP contribution is 2.41. The monoisotopic (exact) mass is 1030 g/mol. The van der Waals surface area contributed by atoms with Gasteiger partial charge in [0.1, 0.15) is 34.9 Å². The Labute approximate surface area is 431 Å². The molecule has 0 unspecified atom stereocenters. The Kier molecular flexibility index (Phi) is 15.1. The lowest BCUT2D eigenvalue weighted by molar-refractivity contribution is -0.138. The zero-order chi connectivity index (χ0) is 51.3. The fourth-order valence-electron chi connectivity index (χ4n) is 10.1. The van der Waals surface area contributed by atoms with E-state index in [1.807, 2.05) is 20.4 Å². The van der Waals surface area contributed by atoms with Crippen LogP contribution in [0.5, 0.6) is 5.75 Å². The number of piperazine rings is 1. The molecule has 21 heteroatoms. The molecule has 2 saturated heterocycles. The van der Waals surface area contributed by atoms with Gasteiger partial charge in [0.25, 0.3) is 11.8 Å². The van der Waals surface area contributed by atoms with Gasteiger partial charge in [-0.2, -0.15) is 5.10 Å². The predicted molar refractivity (Wildman–Crippen MR) is 275 cm³/mol. The van der Waals surface area contributed by atoms with Crippen molar-refractivity contribution >= 4 is 57.9 Å². The molecule has 2 aromatic carbocycles. The smallest absolute Gasteiger partial charge is 0.267 e. The highest BCUT2D eigenvalue weighted by molar-refractivity contribution is 7.10. The van der Waals surface area contributed by atoms with Crippen molar-refractivity contribution in [2.24, 2.45) is 5.92 Å². The lowest BCUT2D eigenvalue weighted by Crippen LogP contribution is -2.53. The minimum absolute atomic E-state index is 0.0361. The third-order valence-electron chi connectivity index (χ3n) is 14.4. The van der Waals surface area contributed by atoms with Gasteiger partial charge in [0.2, 0.25) is 17.6 Å². The summed E-state index contributed by atoms with van der Waals surface area (Å²) in [5.41, 5.74) is 4.39. The van der Waals surface area contributed by atoms with Crippen LogP contribution in [0, 0.1) is 11.7 Å².